The fraction of sp³-hybridized carbons (Fsp3) is 0.364. The van der Waals surface area contributed by atoms with Gasteiger partial charge in [0.1, 0.15) is 6.04 Å². The van der Waals surface area contributed by atoms with E-state index in [0.29, 0.717) is 0 Å². The lowest BCUT2D eigenvalue weighted by atomic mass is 10.0. The Morgan fingerprint density at radius 3 is 2.60 bits per heavy atom. The first-order valence-electron chi connectivity index (χ1n) is 4.82. The van der Waals surface area contributed by atoms with Gasteiger partial charge in [-0.05, 0) is 30.7 Å². The maximum Gasteiger partial charge on any atom is 0.328 e. The number of carbonyl (C=O) groups is 1. The van der Waals surface area contributed by atoms with E-state index in [9.17, 15) is 4.79 Å². The van der Waals surface area contributed by atoms with E-state index in [-0.39, 0.29) is 12.0 Å². The molecular formula is C11H12BrNO2. The summed E-state index contributed by atoms with van der Waals surface area (Å²) in [5.74, 6) is -0.149. The second-order valence-electron chi connectivity index (χ2n) is 3.50. The number of rotatable bonds is 2. The molecule has 1 aliphatic heterocycles. The van der Waals surface area contributed by atoms with Crippen LogP contribution in [-0.2, 0) is 9.53 Å². The number of ether oxygens (including phenoxy) is 1. The highest BCUT2D eigenvalue weighted by molar-refractivity contribution is 9.10. The predicted molar refractivity (Wildman–Crippen MR) is 61.9 cm³/mol. The van der Waals surface area contributed by atoms with E-state index in [1.165, 1.54) is 7.11 Å². The second kappa shape index (κ2) is 4.23. The van der Waals surface area contributed by atoms with Gasteiger partial charge in [0.05, 0.1) is 7.11 Å². The number of hydrogen-bond acceptors (Lipinski definition) is 3. The summed E-state index contributed by atoms with van der Waals surface area (Å²) >= 11 is 3.38. The normalized spacial score (nSPS) is 19.6. The van der Waals surface area contributed by atoms with Crippen molar-refractivity contribution >= 4 is 27.6 Å². The molecular weight excluding hydrogens is 258 g/mol. The van der Waals surface area contributed by atoms with Gasteiger partial charge in [-0.15, -0.1) is 0 Å². The minimum Gasteiger partial charge on any atom is -0.467 e. The highest BCUT2D eigenvalue weighted by atomic mass is 79.9. The van der Waals surface area contributed by atoms with Crippen molar-refractivity contribution in [1.29, 1.82) is 0 Å². The molecule has 1 aromatic carbocycles. The molecule has 0 spiro atoms. The van der Waals surface area contributed by atoms with Gasteiger partial charge in [-0.2, -0.15) is 0 Å². The molecule has 0 aromatic heterocycles. The molecule has 1 fully saturated rings. The fourth-order valence-corrected chi connectivity index (χ4v) is 1.97. The summed E-state index contributed by atoms with van der Waals surface area (Å²) in [5, 5.41) is 0. The van der Waals surface area contributed by atoms with Crippen molar-refractivity contribution in [3.63, 3.8) is 0 Å². The molecule has 1 aliphatic rings. The van der Waals surface area contributed by atoms with Gasteiger partial charge in [0.25, 0.3) is 0 Å². The second-order valence-corrected chi connectivity index (χ2v) is 4.41. The quantitative estimate of drug-likeness (QED) is 0.771. The number of esters is 1. The topological polar surface area (TPSA) is 29.5 Å². The van der Waals surface area contributed by atoms with Crippen molar-refractivity contribution in [2.75, 3.05) is 18.6 Å². The largest absolute Gasteiger partial charge is 0.467 e. The summed E-state index contributed by atoms with van der Waals surface area (Å²) < 4.78 is 5.78. The SMILES string of the molecule is COC(=O)C1CCN1c1ccc(Br)cc1. The lowest BCUT2D eigenvalue weighted by molar-refractivity contribution is -0.143. The number of benzene rings is 1. The number of hydrogen-bond donors (Lipinski definition) is 0. The Bertz CT molecular complexity index is 363. The zero-order valence-corrected chi connectivity index (χ0v) is 10.0. The van der Waals surface area contributed by atoms with Crippen LogP contribution in [0.4, 0.5) is 5.69 Å². The van der Waals surface area contributed by atoms with Gasteiger partial charge in [0.2, 0.25) is 0 Å². The van der Waals surface area contributed by atoms with Crippen molar-refractivity contribution in [3.8, 4) is 0 Å². The van der Waals surface area contributed by atoms with Gasteiger partial charge in [-0.25, -0.2) is 4.79 Å². The summed E-state index contributed by atoms with van der Waals surface area (Å²) in [7, 11) is 1.43. The molecule has 0 bridgehead atoms. The molecule has 1 atom stereocenters. The van der Waals surface area contributed by atoms with E-state index in [1.54, 1.807) is 0 Å². The molecule has 0 N–H and O–H groups in total. The monoisotopic (exact) mass is 269 g/mol. The number of anilines is 1. The molecule has 0 aliphatic carbocycles. The number of halogens is 1. The van der Waals surface area contributed by atoms with Crippen LogP contribution < -0.4 is 4.90 Å². The molecule has 0 radical (unpaired) electrons. The third-order valence-electron chi connectivity index (χ3n) is 2.65. The fourth-order valence-electron chi connectivity index (χ4n) is 1.71. The lowest BCUT2D eigenvalue weighted by Crippen LogP contribution is -2.53. The molecule has 1 unspecified atom stereocenters. The molecule has 2 rings (SSSR count). The molecule has 1 aromatic rings. The van der Waals surface area contributed by atoms with E-state index in [4.69, 9.17) is 4.74 Å². The van der Waals surface area contributed by atoms with E-state index in [1.807, 2.05) is 24.3 Å². The molecule has 4 heteroatoms. The summed E-state index contributed by atoms with van der Waals surface area (Å²) in [6.45, 7) is 0.918. The number of carbonyl (C=O) groups excluding carboxylic acids is 1. The Labute approximate surface area is 97.2 Å². The summed E-state index contributed by atoms with van der Waals surface area (Å²) in [4.78, 5) is 13.4. The van der Waals surface area contributed by atoms with Gasteiger partial charge < -0.3 is 9.64 Å². The number of methoxy groups -OCH3 is 1. The lowest BCUT2D eigenvalue weighted by Gasteiger charge is -2.40. The standard InChI is InChI=1S/C11H12BrNO2/c1-15-11(14)10-6-7-13(10)9-4-2-8(12)3-5-9/h2-5,10H,6-7H2,1H3. The molecule has 15 heavy (non-hydrogen) atoms. The smallest absolute Gasteiger partial charge is 0.328 e. The third-order valence-corrected chi connectivity index (χ3v) is 3.18. The molecule has 0 saturated carbocycles. The molecule has 80 valence electrons. The van der Waals surface area contributed by atoms with Crippen molar-refractivity contribution in [2.24, 2.45) is 0 Å². The van der Waals surface area contributed by atoms with Crippen molar-refractivity contribution in [2.45, 2.75) is 12.5 Å². The van der Waals surface area contributed by atoms with Gasteiger partial charge in [0.15, 0.2) is 0 Å². The van der Waals surface area contributed by atoms with Crippen LogP contribution in [0.2, 0.25) is 0 Å². The maximum absolute atomic E-state index is 11.4. The Hall–Kier alpha value is -1.03. The minimum absolute atomic E-state index is 0.101. The van der Waals surface area contributed by atoms with Gasteiger partial charge in [0, 0.05) is 16.7 Å². The van der Waals surface area contributed by atoms with Crippen LogP contribution in [-0.4, -0.2) is 25.7 Å². The summed E-state index contributed by atoms with van der Waals surface area (Å²) in [5.41, 5.74) is 1.07. The minimum atomic E-state index is -0.149. The van der Waals surface area contributed by atoms with Crippen molar-refractivity contribution < 1.29 is 9.53 Å². The van der Waals surface area contributed by atoms with Crippen LogP contribution >= 0.6 is 15.9 Å². The van der Waals surface area contributed by atoms with Crippen LogP contribution in [0.15, 0.2) is 28.7 Å². The zero-order chi connectivity index (χ0) is 10.8. The Balaban J connectivity index is 2.12. The first-order valence-corrected chi connectivity index (χ1v) is 5.61. The Kier molecular flexibility index (Phi) is 2.95. The molecule has 1 saturated heterocycles. The Morgan fingerprint density at radius 2 is 2.13 bits per heavy atom. The average Bonchev–Trinajstić information content (AvgIpc) is 2.19. The van der Waals surface area contributed by atoms with E-state index in [0.717, 1.165) is 23.1 Å². The molecule has 1 heterocycles. The third kappa shape index (κ3) is 2.00. The van der Waals surface area contributed by atoms with Crippen LogP contribution in [0, 0.1) is 0 Å². The maximum atomic E-state index is 11.4. The van der Waals surface area contributed by atoms with Gasteiger partial charge >= 0.3 is 5.97 Å². The number of nitrogens with zero attached hydrogens (tertiary/aromatic N) is 1. The van der Waals surface area contributed by atoms with Crippen molar-refractivity contribution in [3.05, 3.63) is 28.7 Å². The molecule has 0 amide bonds. The van der Waals surface area contributed by atoms with Gasteiger partial charge in [-0.1, -0.05) is 15.9 Å². The van der Waals surface area contributed by atoms with Crippen LogP contribution in [0.5, 0.6) is 0 Å². The highest BCUT2D eigenvalue weighted by Gasteiger charge is 2.34. The summed E-state index contributed by atoms with van der Waals surface area (Å²) in [6, 6.07) is 7.85. The zero-order valence-electron chi connectivity index (χ0n) is 8.44. The predicted octanol–water partition coefficient (Wildman–Crippen LogP) is 2.20. The van der Waals surface area contributed by atoms with E-state index < -0.39 is 0 Å². The van der Waals surface area contributed by atoms with Gasteiger partial charge in [-0.3, -0.25) is 0 Å². The van der Waals surface area contributed by atoms with Crippen LogP contribution in [0.1, 0.15) is 6.42 Å². The highest BCUT2D eigenvalue weighted by Crippen LogP contribution is 2.28. The summed E-state index contributed by atoms with van der Waals surface area (Å²) in [6.07, 6.45) is 0.878. The Morgan fingerprint density at radius 1 is 1.47 bits per heavy atom. The first kappa shape index (κ1) is 10.5. The molecule has 3 nitrogen and oxygen atoms in total. The average molecular weight is 270 g/mol. The van der Waals surface area contributed by atoms with Crippen LogP contribution in [0.25, 0.3) is 0 Å². The first-order chi connectivity index (χ1) is 7.22. The van der Waals surface area contributed by atoms with E-state index in [2.05, 4.69) is 20.8 Å². The van der Waals surface area contributed by atoms with Crippen LogP contribution in [0.3, 0.4) is 0 Å². The van der Waals surface area contributed by atoms with E-state index >= 15 is 0 Å². The van der Waals surface area contributed by atoms with Crippen molar-refractivity contribution in [1.82, 2.24) is 0 Å².